The smallest absolute Gasteiger partial charge is 0.227 e. The number of ketones is 1. The van der Waals surface area contributed by atoms with Crippen molar-refractivity contribution in [3.63, 3.8) is 0 Å². The molecule has 0 atom stereocenters. The predicted octanol–water partition coefficient (Wildman–Crippen LogP) is 5.65. The Kier molecular flexibility index (Phi) is 6.93. The number of amidine groups is 1. The second kappa shape index (κ2) is 10.2. The first-order valence-electron chi connectivity index (χ1n) is 11.1. The molecular weight excluding hydrogens is 415 g/mol. The Balaban J connectivity index is 1.82. The van der Waals surface area contributed by atoms with Crippen molar-refractivity contribution >= 4 is 29.0 Å². The average Bonchev–Trinajstić information content (AvgIpc) is 2.81. The van der Waals surface area contributed by atoms with Gasteiger partial charge in [-0.3, -0.25) is 4.79 Å². The highest BCUT2D eigenvalue weighted by Crippen LogP contribution is 2.20. The van der Waals surface area contributed by atoms with Crippen molar-refractivity contribution in [3.05, 3.63) is 95.3 Å². The number of para-hydroxylation sites is 1. The molecule has 1 N–H and O–H groups in total. The minimum Gasteiger partial charge on any atom is -0.340 e. The van der Waals surface area contributed by atoms with Crippen molar-refractivity contribution in [1.29, 1.82) is 0 Å². The zero-order valence-electron chi connectivity index (χ0n) is 18.9. The van der Waals surface area contributed by atoms with E-state index in [2.05, 4.69) is 5.32 Å². The fourth-order valence-corrected chi connectivity index (χ4v) is 3.84. The number of hydrogen-bond donors (Lipinski definition) is 1. The third-order valence-electron chi connectivity index (χ3n) is 5.63. The highest BCUT2D eigenvalue weighted by atomic mass is 19.1. The fraction of sp³-hybridized carbons (Fsp3) is 0.222. The molecular formula is C27H27FN4O. The number of carbonyl (C=O) groups excluding carboxylic acids is 1. The lowest BCUT2D eigenvalue weighted by molar-refractivity contribution is -0.120. The van der Waals surface area contributed by atoms with Crippen molar-refractivity contribution in [3.8, 4) is 0 Å². The minimum absolute atomic E-state index is 0.258. The molecule has 1 heterocycles. The van der Waals surface area contributed by atoms with E-state index in [0.29, 0.717) is 37.7 Å². The molecule has 1 fully saturated rings. The summed E-state index contributed by atoms with van der Waals surface area (Å²) < 4.78 is 13.5. The molecule has 1 saturated heterocycles. The molecule has 0 aromatic heterocycles. The van der Waals surface area contributed by atoms with E-state index in [4.69, 9.17) is 9.98 Å². The molecule has 0 saturated carbocycles. The van der Waals surface area contributed by atoms with Crippen LogP contribution in [0.2, 0.25) is 0 Å². The number of nitrogens with zero attached hydrogens (tertiary/aromatic N) is 3. The average molecular weight is 443 g/mol. The van der Waals surface area contributed by atoms with Gasteiger partial charge >= 0.3 is 0 Å². The summed E-state index contributed by atoms with van der Waals surface area (Å²) >= 11 is 0. The van der Waals surface area contributed by atoms with Gasteiger partial charge in [0.1, 0.15) is 17.4 Å². The van der Waals surface area contributed by atoms with E-state index < -0.39 is 0 Å². The minimum atomic E-state index is -0.296. The Morgan fingerprint density at radius 1 is 0.879 bits per heavy atom. The van der Waals surface area contributed by atoms with Gasteiger partial charge in [-0.15, -0.1) is 0 Å². The second-order valence-corrected chi connectivity index (χ2v) is 8.13. The van der Waals surface area contributed by atoms with Crippen LogP contribution in [-0.4, -0.2) is 35.6 Å². The number of likely N-dealkylation sites (tertiary alicyclic amines) is 1. The maximum atomic E-state index is 13.5. The Morgan fingerprint density at radius 3 is 2.15 bits per heavy atom. The molecule has 0 aliphatic carbocycles. The number of benzene rings is 3. The molecule has 0 unspecified atom stereocenters. The van der Waals surface area contributed by atoms with Gasteiger partial charge in [0, 0.05) is 37.2 Å². The van der Waals surface area contributed by atoms with Crippen molar-refractivity contribution in [2.45, 2.75) is 26.7 Å². The van der Waals surface area contributed by atoms with Gasteiger partial charge in [0.05, 0.1) is 5.69 Å². The summed E-state index contributed by atoms with van der Waals surface area (Å²) in [5, 5.41) is 3.38. The molecule has 0 radical (unpaired) electrons. The number of rotatable bonds is 3. The summed E-state index contributed by atoms with van der Waals surface area (Å²) in [7, 11) is 0. The van der Waals surface area contributed by atoms with E-state index in [-0.39, 0.29) is 11.6 Å². The summed E-state index contributed by atoms with van der Waals surface area (Å²) in [6.45, 7) is 5.23. The molecule has 0 amide bonds. The SMILES string of the molecule is Cc1cccc(C)c1/C(=N/C(=Nc1ccccc1)N1CCC(=O)CC1)Nc1ccc(F)cc1. The van der Waals surface area contributed by atoms with Gasteiger partial charge in [-0.25, -0.2) is 9.38 Å². The van der Waals surface area contributed by atoms with Gasteiger partial charge in [-0.05, 0) is 61.4 Å². The Labute approximate surface area is 193 Å². The van der Waals surface area contributed by atoms with E-state index in [1.165, 1.54) is 12.1 Å². The number of halogens is 1. The van der Waals surface area contributed by atoms with Crippen LogP contribution in [0.3, 0.4) is 0 Å². The first kappa shape index (κ1) is 22.4. The third-order valence-corrected chi connectivity index (χ3v) is 5.63. The zero-order chi connectivity index (χ0) is 23.2. The van der Waals surface area contributed by atoms with Gasteiger partial charge in [-0.1, -0.05) is 36.4 Å². The van der Waals surface area contributed by atoms with E-state index in [1.54, 1.807) is 12.1 Å². The van der Waals surface area contributed by atoms with E-state index in [1.807, 2.05) is 67.3 Å². The quantitative estimate of drug-likeness (QED) is 0.421. The monoisotopic (exact) mass is 442 g/mol. The van der Waals surface area contributed by atoms with Gasteiger partial charge in [0.2, 0.25) is 5.96 Å². The molecule has 0 spiro atoms. The molecule has 3 aromatic carbocycles. The topological polar surface area (TPSA) is 57.1 Å². The van der Waals surface area contributed by atoms with Crippen LogP contribution in [0.4, 0.5) is 15.8 Å². The fourth-order valence-electron chi connectivity index (χ4n) is 3.84. The molecule has 0 bridgehead atoms. The van der Waals surface area contributed by atoms with Crippen LogP contribution in [0.15, 0.2) is 82.8 Å². The zero-order valence-corrected chi connectivity index (χ0v) is 18.9. The van der Waals surface area contributed by atoms with E-state index >= 15 is 0 Å². The highest BCUT2D eigenvalue weighted by Gasteiger charge is 2.21. The lowest BCUT2D eigenvalue weighted by atomic mass is 10.0. The van der Waals surface area contributed by atoms with Crippen LogP contribution in [0.1, 0.15) is 29.5 Å². The molecule has 3 aromatic rings. The highest BCUT2D eigenvalue weighted by molar-refractivity contribution is 6.14. The summed E-state index contributed by atoms with van der Waals surface area (Å²) in [6, 6.07) is 22.0. The molecule has 5 nitrogen and oxygen atoms in total. The lowest BCUT2D eigenvalue weighted by Gasteiger charge is -2.27. The van der Waals surface area contributed by atoms with Gasteiger partial charge < -0.3 is 10.2 Å². The van der Waals surface area contributed by atoms with Crippen LogP contribution in [-0.2, 0) is 4.79 Å². The predicted molar refractivity (Wildman–Crippen MR) is 132 cm³/mol. The number of nitrogens with one attached hydrogen (secondary N) is 1. The first-order chi connectivity index (χ1) is 16.0. The van der Waals surface area contributed by atoms with E-state index in [9.17, 15) is 9.18 Å². The summed E-state index contributed by atoms with van der Waals surface area (Å²) in [6.07, 6.45) is 0.959. The van der Waals surface area contributed by atoms with E-state index in [0.717, 1.165) is 28.1 Å². The van der Waals surface area contributed by atoms with Crippen molar-refractivity contribution in [2.75, 3.05) is 18.4 Å². The molecule has 1 aliphatic heterocycles. The maximum Gasteiger partial charge on any atom is 0.227 e. The van der Waals surface area contributed by atoms with Crippen molar-refractivity contribution in [2.24, 2.45) is 9.98 Å². The second-order valence-electron chi connectivity index (χ2n) is 8.13. The van der Waals surface area contributed by atoms with Gasteiger partial charge in [0.15, 0.2) is 0 Å². The largest absolute Gasteiger partial charge is 0.340 e. The lowest BCUT2D eigenvalue weighted by Crippen LogP contribution is -2.38. The molecule has 168 valence electrons. The van der Waals surface area contributed by atoms with Crippen LogP contribution < -0.4 is 5.32 Å². The number of aliphatic imine (C=N–C) groups is 2. The standard InChI is InChI=1S/C27H27FN4O/c1-19-7-6-8-20(2)25(19)26(29-23-13-11-21(28)12-14-23)31-27(30-22-9-4-3-5-10-22)32-17-15-24(33)16-18-32/h3-14H,15-18H2,1-2H3,(H,29,30,31). The number of piperidine rings is 1. The number of carbonyl (C=O) groups is 1. The molecule has 4 rings (SSSR count). The summed E-state index contributed by atoms with van der Waals surface area (Å²) in [5.41, 5.74) is 4.62. The number of guanidine groups is 1. The van der Waals surface area contributed by atoms with Crippen LogP contribution >= 0.6 is 0 Å². The first-order valence-corrected chi connectivity index (χ1v) is 11.1. The van der Waals surface area contributed by atoms with Crippen LogP contribution in [0, 0.1) is 19.7 Å². The molecule has 1 aliphatic rings. The third kappa shape index (κ3) is 5.71. The Morgan fingerprint density at radius 2 is 1.52 bits per heavy atom. The Hall–Kier alpha value is -3.80. The van der Waals surface area contributed by atoms with Crippen LogP contribution in [0.5, 0.6) is 0 Å². The molecule has 33 heavy (non-hydrogen) atoms. The summed E-state index contributed by atoms with van der Waals surface area (Å²) in [4.78, 5) is 23.7. The summed E-state index contributed by atoms with van der Waals surface area (Å²) in [5.74, 6) is 1.13. The Bertz CT molecular complexity index is 1160. The number of aryl methyl sites for hydroxylation is 2. The normalized spacial score (nSPS) is 15.0. The number of Topliss-reactive ketones (excluding diaryl/α,β-unsaturated/α-hetero) is 1. The maximum absolute atomic E-state index is 13.5. The van der Waals surface area contributed by atoms with Gasteiger partial charge in [0.25, 0.3) is 0 Å². The number of hydrogen-bond acceptors (Lipinski definition) is 2. The van der Waals surface area contributed by atoms with Crippen LogP contribution in [0.25, 0.3) is 0 Å². The van der Waals surface area contributed by atoms with Crippen molar-refractivity contribution in [1.82, 2.24) is 4.90 Å². The van der Waals surface area contributed by atoms with Crippen molar-refractivity contribution < 1.29 is 9.18 Å². The molecule has 6 heteroatoms. The van der Waals surface area contributed by atoms with Gasteiger partial charge in [-0.2, -0.15) is 4.99 Å². The number of anilines is 1.